The van der Waals surface area contributed by atoms with Crippen LogP contribution in [0.5, 0.6) is 0 Å². The van der Waals surface area contributed by atoms with Gasteiger partial charge in [-0.15, -0.1) is 0 Å². The molecule has 0 aliphatic carbocycles. The normalized spacial score (nSPS) is 18.9. The van der Waals surface area contributed by atoms with Gasteiger partial charge in [0.25, 0.3) is 0 Å². The number of hydrogen-bond donors (Lipinski definition) is 2. The molecule has 1 aliphatic rings. The van der Waals surface area contributed by atoms with Crippen LogP contribution in [0.15, 0.2) is 34.2 Å². The molecule has 5 nitrogen and oxygen atoms in total. The van der Waals surface area contributed by atoms with Crippen LogP contribution in [0.3, 0.4) is 0 Å². The number of amidine groups is 1. The van der Waals surface area contributed by atoms with Gasteiger partial charge in [0.05, 0.1) is 11.4 Å². The summed E-state index contributed by atoms with van der Waals surface area (Å²) in [6.45, 7) is 5.94. The fourth-order valence-corrected chi connectivity index (χ4v) is 3.90. The van der Waals surface area contributed by atoms with Crippen LogP contribution in [-0.4, -0.2) is 25.4 Å². The van der Waals surface area contributed by atoms with Crippen molar-refractivity contribution in [1.82, 2.24) is 5.32 Å². The summed E-state index contributed by atoms with van der Waals surface area (Å²) in [7, 11) is -3.62. The number of aliphatic imine (C=N–C) groups is 1. The molecule has 0 saturated heterocycles. The zero-order valence-corrected chi connectivity index (χ0v) is 13.9. The molecule has 0 spiro atoms. The van der Waals surface area contributed by atoms with E-state index in [1.54, 1.807) is 23.9 Å². The summed E-state index contributed by atoms with van der Waals surface area (Å²) in [6, 6.07) is 6.58. The Morgan fingerprint density at radius 3 is 2.62 bits per heavy atom. The van der Waals surface area contributed by atoms with E-state index in [1.807, 2.05) is 0 Å². The molecule has 0 amide bonds. The molecule has 7 heteroatoms. The van der Waals surface area contributed by atoms with Crippen LogP contribution in [-0.2, 0) is 16.6 Å². The van der Waals surface area contributed by atoms with Gasteiger partial charge in [0.15, 0.2) is 5.17 Å². The Morgan fingerprint density at radius 1 is 1.38 bits per heavy atom. The maximum Gasteiger partial charge on any atom is 0.238 e. The van der Waals surface area contributed by atoms with Gasteiger partial charge in [0, 0.05) is 11.8 Å². The molecule has 1 aliphatic heterocycles. The first-order chi connectivity index (χ1) is 9.84. The third kappa shape index (κ3) is 5.01. The third-order valence-electron chi connectivity index (χ3n) is 3.15. The first kappa shape index (κ1) is 16.3. The van der Waals surface area contributed by atoms with Crippen molar-refractivity contribution < 1.29 is 8.42 Å². The SMILES string of the molecule is CC(C)CC1CN=C(NCc2ccc(S(N)(=O)=O)cc2)S1. The third-order valence-corrected chi connectivity index (χ3v) is 5.25. The lowest BCUT2D eigenvalue weighted by molar-refractivity contribution is 0.575. The molecule has 21 heavy (non-hydrogen) atoms. The topological polar surface area (TPSA) is 84.5 Å². The zero-order valence-electron chi connectivity index (χ0n) is 12.2. The molecule has 0 saturated carbocycles. The number of primary sulfonamides is 1. The maximum atomic E-state index is 11.2. The molecule has 1 unspecified atom stereocenters. The van der Waals surface area contributed by atoms with E-state index < -0.39 is 10.0 Å². The van der Waals surface area contributed by atoms with Gasteiger partial charge in [-0.25, -0.2) is 13.6 Å². The van der Waals surface area contributed by atoms with Crippen molar-refractivity contribution in [2.75, 3.05) is 6.54 Å². The number of nitrogens with two attached hydrogens (primary N) is 1. The average molecular weight is 327 g/mol. The zero-order chi connectivity index (χ0) is 15.5. The van der Waals surface area contributed by atoms with Crippen molar-refractivity contribution >= 4 is 27.0 Å². The second-order valence-corrected chi connectivity index (χ2v) is 8.41. The van der Waals surface area contributed by atoms with Crippen LogP contribution in [0, 0.1) is 5.92 Å². The van der Waals surface area contributed by atoms with Gasteiger partial charge in [0.1, 0.15) is 0 Å². The summed E-state index contributed by atoms with van der Waals surface area (Å²) in [5.41, 5.74) is 0.998. The van der Waals surface area contributed by atoms with Crippen LogP contribution in [0.25, 0.3) is 0 Å². The largest absolute Gasteiger partial charge is 0.361 e. The van der Waals surface area contributed by atoms with Crippen molar-refractivity contribution in [3.05, 3.63) is 29.8 Å². The molecule has 3 N–H and O–H groups in total. The molecular formula is C14H21N3O2S2. The maximum absolute atomic E-state index is 11.2. The lowest BCUT2D eigenvalue weighted by Crippen LogP contribution is -2.19. The van der Waals surface area contributed by atoms with E-state index in [9.17, 15) is 8.42 Å². The predicted molar refractivity (Wildman–Crippen MR) is 87.8 cm³/mol. The summed E-state index contributed by atoms with van der Waals surface area (Å²) < 4.78 is 22.4. The number of benzene rings is 1. The molecule has 1 atom stereocenters. The monoisotopic (exact) mass is 327 g/mol. The van der Waals surface area contributed by atoms with Gasteiger partial charge in [0.2, 0.25) is 10.0 Å². The van der Waals surface area contributed by atoms with Crippen LogP contribution in [0.4, 0.5) is 0 Å². The fourth-order valence-electron chi connectivity index (χ4n) is 2.14. The molecule has 116 valence electrons. The minimum absolute atomic E-state index is 0.135. The quantitative estimate of drug-likeness (QED) is 0.865. The van der Waals surface area contributed by atoms with Crippen LogP contribution >= 0.6 is 11.8 Å². The molecule has 1 heterocycles. The Kier molecular flexibility index (Phi) is 5.29. The Balaban J connectivity index is 1.84. The molecule has 0 fully saturated rings. The Morgan fingerprint density at radius 2 is 2.05 bits per heavy atom. The minimum atomic E-state index is -3.62. The molecule has 0 aromatic heterocycles. The van der Waals surface area contributed by atoms with Crippen LogP contribution < -0.4 is 10.5 Å². The highest BCUT2D eigenvalue weighted by Crippen LogP contribution is 2.25. The van der Waals surface area contributed by atoms with E-state index in [2.05, 4.69) is 24.2 Å². The standard InChI is InChI=1S/C14H21N3O2S2/c1-10(2)7-12-9-17-14(20-12)16-8-11-3-5-13(6-4-11)21(15,18)19/h3-6,10,12H,7-9H2,1-2H3,(H,16,17)(H2,15,18,19). The summed E-state index contributed by atoms with van der Waals surface area (Å²) in [6.07, 6.45) is 1.17. The number of nitrogens with zero attached hydrogens (tertiary/aromatic N) is 1. The van der Waals surface area contributed by atoms with E-state index in [4.69, 9.17) is 5.14 Å². The van der Waals surface area contributed by atoms with Crippen molar-refractivity contribution in [2.24, 2.45) is 16.0 Å². The summed E-state index contributed by atoms with van der Waals surface area (Å²) in [5.74, 6) is 0.683. The van der Waals surface area contributed by atoms with Gasteiger partial charge in [-0.05, 0) is 30.0 Å². The molecule has 0 bridgehead atoms. The van der Waals surface area contributed by atoms with E-state index in [-0.39, 0.29) is 4.90 Å². The smallest absolute Gasteiger partial charge is 0.238 e. The highest BCUT2D eigenvalue weighted by atomic mass is 32.2. The lowest BCUT2D eigenvalue weighted by atomic mass is 10.1. The summed E-state index contributed by atoms with van der Waals surface area (Å²) in [4.78, 5) is 4.63. The molecule has 0 radical (unpaired) electrons. The second kappa shape index (κ2) is 6.81. The molecular weight excluding hydrogens is 306 g/mol. The molecule has 1 aromatic carbocycles. The van der Waals surface area contributed by atoms with E-state index in [0.717, 1.165) is 17.3 Å². The number of nitrogens with one attached hydrogen (secondary N) is 1. The van der Waals surface area contributed by atoms with Crippen molar-refractivity contribution in [2.45, 2.75) is 37.0 Å². The van der Waals surface area contributed by atoms with Gasteiger partial charge in [-0.3, -0.25) is 4.99 Å². The average Bonchev–Trinajstić information content (AvgIpc) is 2.82. The fraction of sp³-hybridized carbons (Fsp3) is 0.500. The van der Waals surface area contributed by atoms with Crippen molar-refractivity contribution in [3.8, 4) is 0 Å². The Bertz CT molecular complexity index is 610. The van der Waals surface area contributed by atoms with Crippen LogP contribution in [0.2, 0.25) is 0 Å². The predicted octanol–water partition coefficient (Wildman–Crippen LogP) is 1.94. The first-order valence-corrected chi connectivity index (χ1v) is 9.34. The van der Waals surface area contributed by atoms with Gasteiger partial charge < -0.3 is 5.32 Å². The first-order valence-electron chi connectivity index (χ1n) is 6.91. The number of thioether (sulfide) groups is 1. The molecule has 1 aromatic rings. The Labute approximate surface area is 130 Å². The van der Waals surface area contributed by atoms with Crippen molar-refractivity contribution in [1.29, 1.82) is 0 Å². The highest BCUT2D eigenvalue weighted by Gasteiger charge is 2.20. The highest BCUT2D eigenvalue weighted by molar-refractivity contribution is 8.14. The lowest BCUT2D eigenvalue weighted by Gasteiger charge is -2.11. The van der Waals surface area contributed by atoms with E-state index in [0.29, 0.717) is 17.7 Å². The number of sulfonamides is 1. The number of hydrogen-bond acceptors (Lipinski definition) is 5. The van der Waals surface area contributed by atoms with Crippen molar-refractivity contribution in [3.63, 3.8) is 0 Å². The second-order valence-electron chi connectivity index (χ2n) is 5.56. The van der Waals surface area contributed by atoms with Gasteiger partial charge >= 0.3 is 0 Å². The van der Waals surface area contributed by atoms with Gasteiger partial charge in [-0.2, -0.15) is 0 Å². The van der Waals surface area contributed by atoms with Crippen LogP contribution in [0.1, 0.15) is 25.8 Å². The minimum Gasteiger partial charge on any atom is -0.361 e. The Hall–Kier alpha value is -1.05. The summed E-state index contributed by atoms with van der Waals surface area (Å²) >= 11 is 1.79. The molecule has 2 rings (SSSR count). The van der Waals surface area contributed by atoms with E-state index in [1.165, 1.54) is 18.6 Å². The van der Waals surface area contributed by atoms with Gasteiger partial charge in [-0.1, -0.05) is 37.7 Å². The number of rotatable bonds is 5. The summed E-state index contributed by atoms with van der Waals surface area (Å²) in [5, 5.41) is 9.90. The van der Waals surface area contributed by atoms with E-state index >= 15 is 0 Å².